The van der Waals surface area contributed by atoms with Gasteiger partial charge in [-0.25, -0.2) is 0 Å². The Labute approximate surface area is 134 Å². The van der Waals surface area contributed by atoms with E-state index in [9.17, 15) is 14.9 Å². The van der Waals surface area contributed by atoms with Crippen molar-refractivity contribution in [1.82, 2.24) is 0 Å². The number of nitrogens with zero attached hydrogens (tertiary/aromatic N) is 1. The van der Waals surface area contributed by atoms with Gasteiger partial charge in [-0.1, -0.05) is 26.0 Å². The maximum atomic E-state index is 12.3. The van der Waals surface area contributed by atoms with Crippen molar-refractivity contribution in [1.29, 1.82) is 0 Å². The normalized spacial score (nSPS) is 27.9. The molecule has 124 valence electrons. The second-order valence-electron chi connectivity index (χ2n) is 6.97. The maximum Gasteiger partial charge on any atom is 0.310 e. The number of carbonyl (C=O) groups is 1. The minimum atomic E-state index is -0.431. The highest BCUT2D eigenvalue weighted by Gasteiger charge is 2.61. The van der Waals surface area contributed by atoms with Crippen molar-refractivity contribution < 1.29 is 19.2 Å². The minimum Gasteiger partial charge on any atom is -0.461 e. The van der Waals surface area contributed by atoms with E-state index in [4.69, 9.17) is 9.47 Å². The van der Waals surface area contributed by atoms with Crippen LogP contribution in [-0.2, 0) is 20.7 Å². The molecule has 1 aliphatic carbocycles. The van der Waals surface area contributed by atoms with E-state index in [1.54, 1.807) is 19.1 Å². The minimum absolute atomic E-state index is 0.0310. The zero-order valence-electron chi connectivity index (χ0n) is 13.6. The molecule has 1 saturated carbocycles. The number of carbonyl (C=O) groups excluding carboxylic acids is 1. The quantitative estimate of drug-likeness (QED) is 0.484. The van der Waals surface area contributed by atoms with Crippen molar-refractivity contribution in [2.24, 2.45) is 11.3 Å². The Kier molecular flexibility index (Phi) is 3.88. The monoisotopic (exact) mass is 319 g/mol. The van der Waals surface area contributed by atoms with Gasteiger partial charge in [0.1, 0.15) is 6.10 Å². The van der Waals surface area contributed by atoms with Crippen LogP contribution in [0.5, 0.6) is 0 Å². The Morgan fingerprint density at radius 2 is 2.22 bits per heavy atom. The van der Waals surface area contributed by atoms with Crippen molar-refractivity contribution in [3.8, 4) is 0 Å². The number of hydrogen-bond donors (Lipinski definition) is 0. The van der Waals surface area contributed by atoms with E-state index in [2.05, 4.69) is 13.8 Å². The van der Waals surface area contributed by atoms with Crippen LogP contribution in [0.25, 0.3) is 0 Å². The average molecular weight is 319 g/mol. The van der Waals surface area contributed by atoms with Gasteiger partial charge in [-0.05, 0) is 18.9 Å². The van der Waals surface area contributed by atoms with Crippen LogP contribution in [0, 0.1) is 28.4 Å². The van der Waals surface area contributed by atoms with Gasteiger partial charge in [0.05, 0.1) is 17.4 Å². The second kappa shape index (κ2) is 5.60. The predicted octanol–water partition coefficient (Wildman–Crippen LogP) is 2.80. The molecule has 0 spiro atoms. The maximum absolute atomic E-state index is 12.3. The van der Waals surface area contributed by atoms with Gasteiger partial charge < -0.3 is 9.47 Å². The lowest BCUT2D eigenvalue weighted by molar-refractivity contribution is -0.385. The van der Waals surface area contributed by atoms with Gasteiger partial charge in [0.25, 0.3) is 5.69 Å². The summed E-state index contributed by atoms with van der Waals surface area (Å²) in [5, 5.41) is 11.0. The molecule has 3 rings (SSSR count). The van der Waals surface area contributed by atoms with Crippen LogP contribution < -0.4 is 0 Å². The molecule has 1 aliphatic heterocycles. The molecular weight excluding hydrogens is 298 g/mol. The molecule has 0 radical (unpaired) electrons. The lowest BCUT2D eigenvalue weighted by Crippen LogP contribution is -2.61. The molecule has 1 heterocycles. The molecule has 1 saturated heterocycles. The van der Waals surface area contributed by atoms with Crippen molar-refractivity contribution >= 4 is 11.7 Å². The zero-order chi connectivity index (χ0) is 16.8. The van der Waals surface area contributed by atoms with Gasteiger partial charge in [-0.2, -0.15) is 0 Å². The summed E-state index contributed by atoms with van der Waals surface area (Å²) in [6.45, 7) is 6.48. The fourth-order valence-corrected chi connectivity index (χ4v) is 3.92. The van der Waals surface area contributed by atoms with Crippen LogP contribution in [0.1, 0.15) is 31.4 Å². The predicted molar refractivity (Wildman–Crippen MR) is 83.0 cm³/mol. The molecule has 0 amide bonds. The van der Waals surface area contributed by atoms with Crippen LogP contribution in [0.4, 0.5) is 5.69 Å². The van der Waals surface area contributed by atoms with E-state index in [-0.39, 0.29) is 41.6 Å². The Bertz CT molecular complexity index is 654. The summed E-state index contributed by atoms with van der Waals surface area (Å²) in [5.41, 5.74) is 1.02. The Balaban J connectivity index is 1.69. The van der Waals surface area contributed by atoms with Crippen molar-refractivity contribution in [3.05, 3.63) is 39.4 Å². The summed E-state index contributed by atoms with van der Waals surface area (Å²) >= 11 is 0. The Morgan fingerprint density at radius 1 is 1.48 bits per heavy atom. The fraction of sp³-hybridized carbons (Fsp3) is 0.588. The molecule has 3 unspecified atom stereocenters. The lowest BCUT2D eigenvalue weighted by atomic mass is 9.59. The molecule has 2 fully saturated rings. The number of fused-ring (bicyclic) bond motifs is 1. The molecular formula is C17H21NO5. The van der Waals surface area contributed by atoms with Gasteiger partial charge in [0, 0.05) is 29.6 Å². The van der Waals surface area contributed by atoms with Crippen LogP contribution >= 0.6 is 0 Å². The molecule has 6 nitrogen and oxygen atoms in total. The topological polar surface area (TPSA) is 78.7 Å². The lowest BCUT2D eigenvalue weighted by Gasteiger charge is -2.53. The molecule has 1 aromatic rings. The smallest absolute Gasteiger partial charge is 0.310 e. The van der Waals surface area contributed by atoms with Gasteiger partial charge >= 0.3 is 5.97 Å². The molecule has 0 N–H and O–H groups in total. The van der Waals surface area contributed by atoms with Gasteiger partial charge in [0.2, 0.25) is 0 Å². The van der Waals surface area contributed by atoms with E-state index in [0.717, 1.165) is 13.0 Å². The van der Waals surface area contributed by atoms with Crippen LogP contribution in [-0.4, -0.2) is 29.7 Å². The molecule has 6 heteroatoms. The SMILES string of the molecule is Cc1c(CC(=O)OC2C3CCOC3C2(C)C)cccc1[N+](=O)[O-]. The summed E-state index contributed by atoms with van der Waals surface area (Å²) in [6.07, 6.45) is 1.00. The molecule has 23 heavy (non-hydrogen) atoms. The van der Waals surface area contributed by atoms with Crippen molar-refractivity contribution in [2.45, 2.75) is 45.8 Å². The fourth-order valence-electron chi connectivity index (χ4n) is 3.92. The highest BCUT2D eigenvalue weighted by Crippen LogP contribution is 2.53. The molecule has 3 atom stereocenters. The largest absolute Gasteiger partial charge is 0.461 e. The number of nitro groups is 1. The number of ether oxygens (including phenoxy) is 2. The molecule has 0 bridgehead atoms. The zero-order valence-corrected chi connectivity index (χ0v) is 13.6. The standard InChI is InChI=1S/C17H21NO5/c1-10-11(5-4-6-13(10)18(20)21)9-14(19)23-16-12-7-8-22-15(12)17(16,2)3/h4-6,12,15-16H,7-9H2,1-3H3. The second-order valence-corrected chi connectivity index (χ2v) is 6.97. The van der Waals surface area contributed by atoms with Crippen LogP contribution in [0.3, 0.4) is 0 Å². The van der Waals surface area contributed by atoms with E-state index in [0.29, 0.717) is 11.1 Å². The summed E-state index contributed by atoms with van der Waals surface area (Å²) in [7, 11) is 0. The number of rotatable bonds is 4. The van der Waals surface area contributed by atoms with Crippen LogP contribution in [0.2, 0.25) is 0 Å². The molecule has 0 aromatic heterocycles. The summed E-state index contributed by atoms with van der Waals surface area (Å²) in [5.74, 6) is -0.0582. The van der Waals surface area contributed by atoms with Gasteiger partial charge in [0.15, 0.2) is 0 Å². The summed E-state index contributed by atoms with van der Waals surface area (Å²) < 4.78 is 11.4. The highest BCUT2D eigenvalue weighted by atomic mass is 16.6. The van der Waals surface area contributed by atoms with E-state index < -0.39 is 4.92 Å². The average Bonchev–Trinajstić information content (AvgIpc) is 2.94. The third kappa shape index (κ3) is 2.61. The first-order valence-corrected chi connectivity index (χ1v) is 7.86. The van der Waals surface area contributed by atoms with Crippen molar-refractivity contribution in [2.75, 3.05) is 6.61 Å². The van der Waals surface area contributed by atoms with Crippen LogP contribution in [0.15, 0.2) is 18.2 Å². The molecule has 2 aliphatic rings. The number of hydrogen-bond acceptors (Lipinski definition) is 5. The van der Waals surface area contributed by atoms with Crippen molar-refractivity contribution in [3.63, 3.8) is 0 Å². The van der Waals surface area contributed by atoms with Gasteiger partial charge in [-0.3, -0.25) is 14.9 Å². The van der Waals surface area contributed by atoms with E-state index in [1.807, 2.05) is 0 Å². The molecule has 1 aromatic carbocycles. The van der Waals surface area contributed by atoms with E-state index in [1.165, 1.54) is 6.07 Å². The number of esters is 1. The summed E-state index contributed by atoms with van der Waals surface area (Å²) in [6, 6.07) is 4.78. The highest BCUT2D eigenvalue weighted by molar-refractivity contribution is 5.74. The summed E-state index contributed by atoms with van der Waals surface area (Å²) in [4.78, 5) is 22.8. The first kappa shape index (κ1) is 15.9. The Morgan fingerprint density at radius 3 is 2.91 bits per heavy atom. The third-order valence-corrected chi connectivity index (χ3v) is 5.20. The Hall–Kier alpha value is -1.95. The number of benzene rings is 1. The first-order valence-electron chi connectivity index (χ1n) is 7.86. The number of nitro benzene ring substituents is 1. The van der Waals surface area contributed by atoms with Gasteiger partial charge in [-0.15, -0.1) is 0 Å². The first-order chi connectivity index (χ1) is 10.8. The third-order valence-electron chi connectivity index (χ3n) is 5.20. The van der Waals surface area contributed by atoms with E-state index >= 15 is 0 Å².